The Morgan fingerprint density at radius 1 is 1.15 bits per heavy atom. The molecule has 0 bridgehead atoms. The predicted molar refractivity (Wildman–Crippen MR) is 94.4 cm³/mol. The van der Waals surface area contributed by atoms with Gasteiger partial charge >= 0.3 is 0 Å². The van der Waals surface area contributed by atoms with E-state index in [1.54, 1.807) is 0 Å². The van der Waals surface area contributed by atoms with Crippen molar-refractivity contribution >= 4 is 15.7 Å². The van der Waals surface area contributed by atoms with Crippen molar-refractivity contribution in [3.05, 3.63) is 48.5 Å². The standard InChI is InChI=1S/C18H19NO6S/c1-26(21,22)15-8-6-13(7-9-15)23-12-18(20)19-10-14-11-24-16-4-2-3-5-17(16)25-14/h2-9,14H,10-12H2,1H3,(H,19,20). The first-order valence-corrected chi connectivity index (χ1v) is 9.89. The van der Waals surface area contributed by atoms with Gasteiger partial charge in [-0.3, -0.25) is 4.79 Å². The minimum atomic E-state index is -3.25. The monoisotopic (exact) mass is 377 g/mol. The summed E-state index contributed by atoms with van der Waals surface area (Å²) in [6.07, 6.45) is 0.856. The Bertz CT molecular complexity index is 879. The van der Waals surface area contributed by atoms with Crippen LogP contribution in [0.15, 0.2) is 53.4 Å². The van der Waals surface area contributed by atoms with Crippen LogP contribution in [0.4, 0.5) is 0 Å². The molecule has 138 valence electrons. The maximum Gasteiger partial charge on any atom is 0.258 e. The van der Waals surface area contributed by atoms with Crippen molar-refractivity contribution in [3.8, 4) is 17.2 Å². The zero-order valence-corrected chi connectivity index (χ0v) is 15.0. The number of hydrogen-bond donors (Lipinski definition) is 1. The molecule has 0 saturated carbocycles. The van der Waals surface area contributed by atoms with Crippen LogP contribution in [0.25, 0.3) is 0 Å². The fraction of sp³-hybridized carbons (Fsp3) is 0.278. The minimum absolute atomic E-state index is 0.178. The summed E-state index contributed by atoms with van der Waals surface area (Å²) in [4.78, 5) is 12.1. The zero-order chi connectivity index (χ0) is 18.6. The molecule has 0 fully saturated rings. The quantitative estimate of drug-likeness (QED) is 0.819. The predicted octanol–water partition coefficient (Wildman–Crippen LogP) is 1.43. The second-order valence-corrected chi connectivity index (χ2v) is 7.85. The molecule has 2 aromatic carbocycles. The van der Waals surface area contributed by atoms with Gasteiger partial charge in [-0.1, -0.05) is 12.1 Å². The van der Waals surface area contributed by atoms with Gasteiger partial charge in [0, 0.05) is 6.26 Å². The second kappa shape index (κ2) is 7.65. The van der Waals surface area contributed by atoms with Gasteiger partial charge < -0.3 is 19.5 Å². The number of nitrogens with one attached hydrogen (secondary N) is 1. The van der Waals surface area contributed by atoms with Crippen LogP contribution in [0.5, 0.6) is 17.2 Å². The molecule has 1 N–H and O–H groups in total. The normalized spacial score (nSPS) is 16.0. The number of para-hydroxylation sites is 2. The number of fused-ring (bicyclic) bond motifs is 1. The summed E-state index contributed by atoms with van der Waals surface area (Å²) in [6.45, 7) is 0.469. The average Bonchev–Trinajstić information content (AvgIpc) is 2.64. The molecule has 0 saturated heterocycles. The van der Waals surface area contributed by atoms with Crippen LogP contribution in [0.1, 0.15) is 0 Å². The summed E-state index contributed by atoms with van der Waals surface area (Å²) >= 11 is 0. The van der Waals surface area contributed by atoms with Crippen LogP contribution in [-0.2, 0) is 14.6 Å². The van der Waals surface area contributed by atoms with E-state index in [2.05, 4.69) is 5.32 Å². The number of sulfone groups is 1. The van der Waals surface area contributed by atoms with Crippen molar-refractivity contribution in [1.82, 2.24) is 5.32 Å². The van der Waals surface area contributed by atoms with Crippen molar-refractivity contribution < 1.29 is 27.4 Å². The molecule has 8 heteroatoms. The highest BCUT2D eigenvalue weighted by Gasteiger charge is 2.21. The summed E-state index contributed by atoms with van der Waals surface area (Å²) in [5, 5.41) is 2.72. The lowest BCUT2D eigenvalue weighted by Gasteiger charge is -2.26. The molecule has 1 unspecified atom stereocenters. The zero-order valence-electron chi connectivity index (χ0n) is 14.2. The molecule has 7 nitrogen and oxygen atoms in total. The van der Waals surface area contributed by atoms with Gasteiger partial charge in [-0.25, -0.2) is 8.42 Å². The van der Waals surface area contributed by atoms with Crippen LogP contribution in [-0.4, -0.2) is 46.4 Å². The van der Waals surface area contributed by atoms with E-state index in [1.165, 1.54) is 24.3 Å². The molecule has 1 aliphatic heterocycles. The fourth-order valence-corrected chi connectivity index (χ4v) is 3.00. The van der Waals surface area contributed by atoms with Gasteiger partial charge in [0.2, 0.25) is 0 Å². The maximum absolute atomic E-state index is 11.9. The average molecular weight is 377 g/mol. The van der Waals surface area contributed by atoms with Gasteiger partial charge in [0.15, 0.2) is 27.9 Å². The Morgan fingerprint density at radius 2 is 1.85 bits per heavy atom. The Balaban J connectivity index is 1.44. The molecule has 1 atom stereocenters. The number of hydrogen-bond acceptors (Lipinski definition) is 6. The molecule has 26 heavy (non-hydrogen) atoms. The highest BCUT2D eigenvalue weighted by Crippen LogP contribution is 2.30. The lowest BCUT2D eigenvalue weighted by Crippen LogP contribution is -2.42. The minimum Gasteiger partial charge on any atom is -0.486 e. The molecule has 0 spiro atoms. The molecule has 0 aliphatic carbocycles. The van der Waals surface area contributed by atoms with Crippen molar-refractivity contribution in [2.75, 3.05) is 26.0 Å². The number of carbonyl (C=O) groups is 1. The molecule has 0 aromatic heterocycles. The van der Waals surface area contributed by atoms with Gasteiger partial charge in [-0.2, -0.15) is 0 Å². The molecule has 1 aliphatic rings. The smallest absolute Gasteiger partial charge is 0.258 e. The summed E-state index contributed by atoms with van der Waals surface area (Å²) < 4.78 is 39.5. The summed E-state index contributed by atoms with van der Waals surface area (Å²) in [5.41, 5.74) is 0. The van der Waals surface area contributed by atoms with Crippen molar-refractivity contribution in [3.63, 3.8) is 0 Å². The number of rotatable bonds is 6. The van der Waals surface area contributed by atoms with E-state index in [1.807, 2.05) is 24.3 Å². The lowest BCUT2D eigenvalue weighted by atomic mass is 10.2. The van der Waals surface area contributed by atoms with E-state index in [-0.39, 0.29) is 23.5 Å². The van der Waals surface area contributed by atoms with Crippen LogP contribution < -0.4 is 19.5 Å². The van der Waals surface area contributed by atoms with Crippen LogP contribution >= 0.6 is 0 Å². The third kappa shape index (κ3) is 4.66. The summed E-state index contributed by atoms with van der Waals surface area (Å²) in [5.74, 6) is 1.45. The van der Waals surface area contributed by atoms with Crippen molar-refractivity contribution in [2.24, 2.45) is 0 Å². The lowest BCUT2D eigenvalue weighted by molar-refractivity contribution is -0.123. The van der Waals surface area contributed by atoms with E-state index in [4.69, 9.17) is 14.2 Å². The van der Waals surface area contributed by atoms with E-state index in [0.717, 1.165) is 6.26 Å². The van der Waals surface area contributed by atoms with Gasteiger partial charge in [-0.05, 0) is 36.4 Å². The third-order valence-corrected chi connectivity index (χ3v) is 4.84. The van der Waals surface area contributed by atoms with E-state index < -0.39 is 9.84 Å². The summed E-state index contributed by atoms with van der Waals surface area (Å²) in [6, 6.07) is 13.3. The molecule has 1 heterocycles. The number of carbonyl (C=O) groups excluding carboxylic acids is 1. The number of amides is 1. The number of ether oxygens (including phenoxy) is 3. The highest BCUT2D eigenvalue weighted by atomic mass is 32.2. The SMILES string of the molecule is CS(=O)(=O)c1ccc(OCC(=O)NCC2COc3ccccc3O2)cc1. The Hall–Kier alpha value is -2.74. The molecule has 1 amide bonds. The first kappa shape index (κ1) is 18.1. The van der Waals surface area contributed by atoms with Crippen molar-refractivity contribution in [2.45, 2.75) is 11.0 Å². The van der Waals surface area contributed by atoms with Gasteiger partial charge in [0.1, 0.15) is 18.5 Å². The molecule has 3 rings (SSSR count). The Kier molecular flexibility index (Phi) is 5.32. The van der Waals surface area contributed by atoms with Crippen molar-refractivity contribution in [1.29, 1.82) is 0 Å². The molecular weight excluding hydrogens is 358 g/mol. The van der Waals surface area contributed by atoms with Gasteiger partial charge in [0.05, 0.1) is 11.4 Å². The van der Waals surface area contributed by atoms with Gasteiger partial charge in [0.25, 0.3) is 5.91 Å². The van der Waals surface area contributed by atoms with E-state index >= 15 is 0 Å². The first-order chi connectivity index (χ1) is 12.4. The number of benzene rings is 2. The highest BCUT2D eigenvalue weighted by molar-refractivity contribution is 7.90. The maximum atomic E-state index is 11.9. The summed E-state index contributed by atoms with van der Waals surface area (Å²) in [7, 11) is -3.25. The van der Waals surface area contributed by atoms with E-state index in [9.17, 15) is 13.2 Å². The first-order valence-electron chi connectivity index (χ1n) is 8.00. The molecular formula is C18H19NO6S. The molecule has 0 radical (unpaired) electrons. The fourth-order valence-electron chi connectivity index (χ4n) is 2.37. The van der Waals surface area contributed by atoms with Crippen LogP contribution in [0.3, 0.4) is 0 Å². The Labute approximate surface area is 151 Å². The van der Waals surface area contributed by atoms with E-state index in [0.29, 0.717) is 30.4 Å². The van der Waals surface area contributed by atoms with Gasteiger partial charge in [-0.15, -0.1) is 0 Å². The largest absolute Gasteiger partial charge is 0.486 e. The molecule has 2 aromatic rings. The topological polar surface area (TPSA) is 90.9 Å². The van der Waals surface area contributed by atoms with Crippen LogP contribution in [0.2, 0.25) is 0 Å². The Morgan fingerprint density at radius 3 is 2.54 bits per heavy atom. The second-order valence-electron chi connectivity index (χ2n) is 5.83. The van der Waals surface area contributed by atoms with Crippen LogP contribution in [0, 0.1) is 0 Å². The third-order valence-electron chi connectivity index (χ3n) is 3.72.